The zero-order valence-electron chi connectivity index (χ0n) is 17.7. The van der Waals surface area contributed by atoms with Gasteiger partial charge in [0.15, 0.2) is 11.6 Å². The molecule has 1 aliphatic heterocycles. The molecular formula is C25H23N3O4. The lowest BCUT2D eigenvalue weighted by molar-refractivity contribution is 0.151. The normalized spacial score (nSPS) is 19.4. The highest BCUT2D eigenvalue weighted by atomic mass is 16.5. The van der Waals surface area contributed by atoms with E-state index in [4.69, 9.17) is 4.74 Å². The van der Waals surface area contributed by atoms with Crippen LogP contribution in [0, 0.1) is 5.92 Å². The van der Waals surface area contributed by atoms with Crippen molar-refractivity contribution < 1.29 is 9.84 Å². The minimum atomic E-state index is -0.473. The number of aromatic nitrogens is 2. The maximum Gasteiger partial charge on any atom is 0.251 e. The molecular weight excluding hydrogens is 406 g/mol. The Balaban J connectivity index is 1.79. The van der Waals surface area contributed by atoms with Gasteiger partial charge >= 0.3 is 0 Å². The summed E-state index contributed by atoms with van der Waals surface area (Å²) in [5.74, 6) is 1.40. The number of aliphatic hydroxyl groups excluding tert-OH is 1. The molecule has 0 aliphatic carbocycles. The second kappa shape index (κ2) is 7.05. The molecule has 0 radical (unpaired) electrons. The van der Waals surface area contributed by atoms with Crippen molar-refractivity contribution in [2.45, 2.75) is 12.5 Å². The van der Waals surface area contributed by atoms with Crippen molar-refractivity contribution in [3.8, 4) is 11.6 Å². The average molecular weight is 429 g/mol. The van der Waals surface area contributed by atoms with E-state index in [1.165, 1.54) is 0 Å². The van der Waals surface area contributed by atoms with Crippen molar-refractivity contribution in [2.75, 3.05) is 26.8 Å². The van der Waals surface area contributed by atoms with E-state index in [0.29, 0.717) is 23.2 Å². The lowest BCUT2D eigenvalue weighted by Gasteiger charge is -2.34. The fourth-order valence-corrected chi connectivity index (χ4v) is 5.46. The molecule has 1 fully saturated rings. The number of nitrogens with one attached hydrogen (secondary N) is 1. The Morgan fingerprint density at radius 2 is 1.75 bits per heavy atom. The van der Waals surface area contributed by atoms with Crippen LogP contribution in [0.1, 0.15) is 12.5 Å². The molecule has 3 aromatic carbocycles. The summed E-state index contributed by atoms with van der Waals surface area (Å²) in [5, 5.41) is 15.7. The van der Waals surface area contributed by atoms with E-state index in [1.54, 1.807) is 7.11 Å². The first-order valence-corrected chi connectivity index (χ1v) is 10.9. The Hall–Kier alpha value is -3.42. The van der Waals surface area contributed by atoms with Gasteiger partial charge in [-0.15, -0.1) is 0 Å². The molecule has 7 nitrogen and oxygen atoms in total. The monoisotopic (exact) mass is 429 g/mol. The van der Waals surface area contributed by atoms with Gasteiger partial charge in [-0.25, -0.2) is 0 Å². The van der Waals surface area contributed by atoms with E-state index in [2.05, 4.69) is 9.88 Å². The van der Waals surface area contributed by atoms with Gasteiger partial charge in [0.05, 0.1) is 23.5 Å². The predicted octanol–water partition coefficient (Wildman–Crippen LogP) is 2.49. The first kappa shape index (κ1) is 19.3. The SMILES string of the molecule is COc1c(-n2c3ccccc3c3c(=O)c(=O)c32)n(C2CCNCC2CO)c2ccccc12. The Labute approximate surface area is 183 Å². The summed E-state index contributed by atoms with van der Waals surface area (Å²) >= 11 is 0. The molecule has 1 aliphatic rings. The number of para-hydroxylation sites is 2. The summed E-state index contributed by atoms with van der Waals surface area (Å²) in [6.45, 7) is 1.59. The highest BCUT2D eigenvalue weighted by Crippen LogP contribution is 2.44. The highest BCUT2D eigenvalue weighted by molar-refractivity contribution is 6.12. The van der Waals surface area contributed by atoms with Gasteiger partial charge in [0.2, 0.25) is 5.43 Å². The van der Waals surface area contributed by atoms with Crippen LogP contribution < -0.4 is 20.9 Å². The van der Waals surface area contributed by atoms with Crippen LogP contribution in [0.3, 0.4) is 0 Å². The first-order chi connectivity index (χ1) is 15.7. The van der Waals surface area contributed by atoms with Crippen molar-refractivity contribution in [1.82, 2.24) is 14.5 Å². The van der Waals surface area contributed by atoms with Crippen LogP contribution in [0.15, 0.2) is 58.1 Å². The number of hydrogen-bond donors (Lipinski definition) is 2. The van der Waals surface area contributed by atoms with Gasteiger partial charge in [0.25, 0.3) is 5.43 Å². The van der Waals surface area contributed by atoms with Crippen molar-refractivity contribution >= 4 is 32.7 Å². The van der Waals surface area contributed by atoms with Crippen LogP contribution in [0.2, 0.25) is 0 Å². The molecule has 2 atom stereocenters. The molecule has 6 rings (SSSR count). The third-order valence-electron chi connectivity index (χ3n) is 6.91. The Kier molecular flexibility index (Phi) is 4.25. The van der Waals surface area contributed by atoms with Crippen molar-refractivity contribution in [3.63, 3.8) is 0 Å². The van der Waals surface area contributed by atoms with Crippen LogP contribution in [-0.2, 0) is 0 Å². The van der Waals surface area contributed by atoms with Crippen LogP contribution >= 0.6 is 0 Å². The first-order valence-electron chi connectivity index (χ1n) is 10.9. The molecule has 0 spiro atoms. The molecule has 5 aromatic rings. The van der Waals surface area contributed by atoms with Crippen LogP contribution in [0.4, 0.5) is 0 Å². The second-order valence-corrected chi connectivity index (χ2v) is 8.48. The second-order valence-electron chi connectivity index (χ2n) is 8.48. The van der Waals surface area contributed by atoms with Gasteiger partial charge in [-0.1, -0.05) is 30.3 Å². The number of piperidine rings is 1. The topological polar surface area (TPSA) is 85.5 Å². The smallest absolute Gasteiger partial charge is 0.251 e. The van der Waals surface area contributed by atoms with Gasteiger partial charge in [-0.2, -0.15) is 0 Å². The number of ether oxygens (including phenoxy) is 1. The van der Waals surface area contributed by atoms with Gasteiger partial charge in [0.1, 0.15) is 5.52 Å². The third kappa shape index (κ3) is 2.37. The lowest BCUT2D eigenvalue weighted by Crippen LogP contribution is -2.40. The van der Waals surface area contributed by atoms with Gasteiger partial charge < -0.3 is 19.7 Å². The quantitative estimate of drug-likeness (QED) is 0.429. The van der Waals surface area contributed by atoms with Gasteiger partial charge in [-0.3, -0.25) is 14.2 Å². The number of aliphatic hydroxyl groups is 1. The van der Waals surface area contributed by atoms with Crippen LogP contribution in [-0.4, -0.2) is 41.0 Å². The Morgan fingerprint density at radius 1 is 1.03 bits per heavy atom. The van der Waals surface area contributed by atoms with E-state index in [9.17, 15) is 14.7 Å². The lowest BCUT2D eigenvalue weighted by atomic mass is 9.93. The number of methoxy groups -OCH3 is 1. The number of fused-ring (bicyclic) bond motifs is 4. The predicted molar refractivity (Wildman–Crippen MR) is 125 cm³/mol. The Bertz CT molecular complexity index is 1570. The molecule has 2 unspecified atom stereocenters. The molecule has 162 valence electrons. The zero-order chi connectivity index (χ0) is 22.0. The molecule has 0 saturated carbocycles. The Morgan fingerprint density at radius 3 is 2.50 bits per heavy atom. The molecule has 2 N–H and O–H groups in total. The summed E-state index contributed by atoms with van der Waals surface area (Å²) < 4.78 is 10.0. The zero-order valence-corrected chi connectivity index (χ0v) is 17.7. The van der Waals surface area contributed by atoms with E-state index in [1.807, 2.05) is 53.1 Å². The number of benzene rings is 2. The summed E-state index contributed by atoms with van der Waals surface area (Å²) in [6, 6.07) is 15.6. The molecule has 0 amide bonds. The third-order valence-corrected chi connectivity index (χ3v) is 6.91. The summed E-state index contributed by atoms with van der Waals surface area (Å²) in [5.41, 5.74) is 1.28. The summed E-state index contributed by atoms with van der Waals surface area (Å²) in [7, 11) is 1.63. The standard InChI is InChI=1S/C25H23N3O4/c1-32-24-16-7-3-5-9-19(16)27(17-10-11-26-12-14(17)13-29)25(24)28-18-8-4-2-6-15(18)20-21(28)23(31)22(20)30/h2-9,14,17,26,29H,10-13H2,1H3. The molecule has 7 heteroatoms. The number of hydrogen-bond acceptors (Lipinski definition) is 5. The minimum absolute atomic E-state index is 0.00717. The fourth-order valence-electron chi connectivity index (χ4n) is 5.46. The molecule has 2 aromatic heterocycles. The van der Waals surface area contributed by atoms with Gasteiger partial charge in [0, 0.05) is 35.9 Å². The minimum Gasteiger partial charge on any atom is -0.492 e. The van der Waals surface area contributed by atoms with E-state index in [-0.39, 0.29) is 18.6 Å². The summed E-state index contributed by atoms with van der Waals surface area (Å²) in [6.07, 6.45) is 0.828. The van der Waals surface area contributed by atoms with Crippen molar-refractivity contribution in [1.29, 1.82) is 0 Å². The number of nitrogens with zero attached hydrogens (tertiary/aromatic N) is 2. The summed E-state index contributed by atoms with van der Waals surface area (Å²) in [4.78, 5) is 25.2. The molecule has 32 heavy (non-hydrogen) atoms. The van der Waals surface area contributed by atoms with E-state index >= 15 is 0 Å². The maximum atomic E-state index is 12.8. The molecule has 0 bridgehead atoms. The van der Waals surface area contributed by atoms with Crippen LogP contribution in [0.25, 0.3) is 38.5 Å². The van der Waals surface area contributed by atoms with E-state index < -0.39 is 10.9 Å². The van der Waals surface area contributed by atoms with Crippen LogP contribution in [0.5, 0.6) is 5.75 Å². The largest absolute Gasteiger partial charge is 0.492 e. The highest BCUT2D eigenvalue weighted by Gasteiger charge is 2.34. The molecule has 1 saturated heterocycles. The van der Waals surface area contributed by atoms with Gasteiger partial charge in [-0.05, 0) is 31.2 Å². The molecule has 3 heterocycles. The van der Waals surface area contributed by atoms with Crippen molar-refractivity contribution in [3.05, 3.63) is 69.0 Å². The number of rotatable bonds is 4. The van der Waals surface area contributed by atoms with Crippen molar-refractivity contribution in [2.24, 2.45) is 5.92 Å². The maximum absolute atomic E-state index is 12.8. The fraction of sp³-hybridized carbons (Fsp3) is 0.280. The van der Waals surface area contributed by atoms with E-state index in [0.717, 1.165) is 40.6 Å². The average Bonchev–Trinajstić information content (AvgIpc) is 3.34.